The molecule has 1 rings (SSSR count). The van der Waals surface area contributed by atoms with Crippen molar-refractivity contribution in [2.24, 2.45) is 10.5 Å². The van der Waals surface area contributed by atoms with Gasteiger partial charge in [0, 0.05) is 11.1 Å². The molecule has 0 atom stereocenters. The van der Waals surface area contributed by atoms with Crippen molar-refractivity contribution in [1.29, 1.82) is 0 Å². The van der Waals surface area contributed by atoms with Crippen LogP contribution in [-0.4, -0.2) is 16.8 Å². The number of rotatable bonds is 3. The smallest absolute Gasteiger partial charge is 0.335 e. The molecule has 17 heavy (non-hydrogen) atoms. The Bertz CT molecular complexity index is 428. The first kappa shape index (κ1) is 13.2. The number of carboxylic acid groups (broad SMARTS) is 1. The number of hydrogen-bond acceptors (Lipinski definition) is 3. The molecule has 0 aliphatic rings. The van der Waals surface area contributed by atoms with Crippen LogP contribution in [0.1, 0.15) is 38.1 Å². The molecule has 0 saturated carbocycles. The van der Waals surface area contributed by atoms with E-state index >= 15 is 0 Å². The Kier molecular flexibility index (Phi) is 3.89. The van der Waals surface area contributed by atoms with Gasteiger partial charge in [-0.2, -0.15) is 5.10 Å². The summed E-state index contributed by atoms with van der Waals surface area (Å²) >= 11 is 0. The maximum Gasteiger partial charge on any atom is 0.335 e. The van der Waals surface area contributed by atoms with Gasteiger partial charge in [-0.05, 0) is 31.2 Å². The number of hydrazone groups is 1. The van der Waals surface area contributed by atoms with Crippen LogP contribution in [0.25, 0.3) is 0 Å². The SMILES string of the molecule is C/C(=N/Nc1ccc(C(=O)O)cc1)C(C)(C)C. The highest BCUT2D eigenvalue weighted by atomic mass is 16.4. The van der Waals surface area contributed by atoms with Gasteiger partial charge in [-0.3, -0.25) is 5.43 Å². The van der Waals surface area contributed by atoms with E-state index in [0.717, 1.165) is 11.4 Å². The molecule has 0 bridgehead atoms. The molecule has 92 valence electrons. The topological polar surface area (TPSA) is 61.7 Å². The van der Waals surface area contributed by atoms with Crippen LogP contribution in [-0.2, 0) is 0 Å². The number of nitrogens with one attached hydrogen (secondary N) is 1. The van der Waals surface area contributed by atoms with Crippen LogP contribution in [0.15, 0.2) is 29.4 Å². The van der Waals surface area contributed by atoms with Gasteiger partial charge in [-0.15, -0.1) is 0 Å². The van der Waals surface area contributed by atoms with E-state index in [1.807, 2.05) is 6.92 Å². The summed E-state index contributed by atoms with van der Waals surface area (Å²) in [5.74, 6) is -0.925. The lowest BCUT2D eigenvalue weighted by Gasteiger charge is -2.17. The van der Waals surface area contributed by atoms with Gasteiger partial charge in [-0.1, -0.05) is 20.8 Å². The highest BCUT2D eigenvalue weighted by Gasteiger charge is 2.13. The average Bonchev–Trinajstić information content (AvgIpc) is 2.25. The lowest BCUT2D eigenvalue weighted by atomic mass is 9.91. The summed E-state index contributed by atoms with van der Waals surface area (Å²) in [6.45, 7) is 8.21. The fourth-order valence-electron chi connectivity index (χ4n) is 1.00. The van der Waals surface area contributed by atoms with Crippen molar-refractivity contribution >= 4 is 17.4 Å². The van der Waals surface area contributed by atoms with Gasteiger partial charge in [0.2, 0.25) is 0 Å². The van der Waals surface area contributed by atoms with Gasteiger partial charge in [0.05, 0.1) is 11.3 Å². The van der Waals surface area contributed by atoms with Crippen molar-refractivity contribution in [3.05, 3.63) is 29.8 Å². The standard InChI is InChI=1S/C13H18N2O2/c1-9(13(2,3)4)14-15-11-7-5-10(6-8-11)12(16)17/h5-8,15H,1-4H3,(H,16,17)/b14-9-. The summed E-state index contributed by atoms with van der Waals surface area (Å²) in [7, 11) is 0. The first-order valence-corrected chi connectivity index (χ1v) is 5.45. The minimum absolute atomic E-state index is 0.0218. The van der Waals surface area contributed by atoms with Crippen LogP contribution in [0, 0.1) is 5.41 Å². The Balaban J connectivity index is 2.74. The molecule has 0 aliphatic carbocycles. The van der Waals surface area contributed by atoms with Crippen molar-refractivity contribution in [3.8, 4) is 0 Å². The van der Waals surface area contributed by atoms with E-state index < -0.39 is 5.97 Å². The highest BCUT2D eigenvalue weighted by molar-refractivity contribution is 5.88. The zero-order valence-corrected chi connectivity index (χ0v) is 10.6. The molecule has 0 saturated heterocycles. The predicted molar refractivity (Wildman–Crippen MR) is 69.6 cm³/mol. The Morgan fingerprint density at radius 2 is 1.76 bits per heavy atom. The lowest BCUT2D eigenvalue weighted by molar-refractivity contribution is 0.0697. The third-order valence-electron chi connectivity index (χ3n) is 2.57. The van der Waals surface area contributed by atoms with E-state index in [2.05, 4.69) is 31.3 Å². The summed E-state index contributed by atoms with van der Waals surface area (Å²) in [5, 5.41) is 13.0. The van der Waals surface area contributed by atoms with Crippen molar-refractivity contribution in [2.75, 3.05) is 5.43 Å². The first-order chi connectivity index (χ1) is 7.80. The van der Waals surface area contributed by atoms with Crippen LogP contribution in [0.4, 0.5) is 5.69 Å². The minimum Gasteiger partial charge on any atom is -0.478 e. The van der Waals surface area contributed by atoms with Gasteiger partial charge >= 0.3 is 5.97 Å². The molecular weight excluding hydrogens is 216 g/mol. The lowest BCUT2D eigenvalue weighted by Crippen LogP contribution is -2.18. The molecule has 0 aliphatic heterocycles. The van der Waals surface area contributed by atoms with Gasteiger partial charge in [0.1, 0.15) is 0 Å². The average molecular weight is 234 g/mol. The molecule has 0 radical (unpaired) electrons. The number of hydrogen-bond donors (Lipinski definition) is 2. The van der Waals surface area contributed by atoms with E-state index in [1.165, 1.54) is 0 Å². The van der Waals surface area contributed by atoms with Crippen molar-refractivity contribution in [2.45, 2.75) is 27.7 Å². The summed E-state index contributed by atoms with van der Waals surface area (Å²) in [5.41, 5.74) is 4.97. The third-order valence-corrected chi connectivity index (χ3v) is 2.57. The quantitative estimate of drug-likeness (QED) is 0.623. The fraction of sp³-hybridized carbons (Fsp3) is 0.385. The van der Waals surface area contributed by atoms with Crippen molar-refractivity contribution in [1.82, 2.24) is 0 Å². The number of carbonyl (C=O) groups is 1. The Morgan fingerprint density at radius 3 is 2.18 bits per heavy atom. The second-order valence-corrected chi connectivity index (χ2v) is 4.94. The van der Waals surface area contributed by atoms with E-state index in [4.69, 9.17) is 5.11 Å². The zero-order chi connectivity index (χ0) is 13.1. The molecule has 2 N–H and O–H groups in total. The van der Waals surface area contributed by atoms with Gasteiger partial charge in [0.25, 0.3) is 0 Å². The minimum atomic E-state index is -0.925. The summed E-state index contributed by atoms with van der Waals surface area (Å²) < 4.78 is 0. The molecule has 0 fully saturated rings. The first-order valence-electron chi connectivity index (χ1n) is 5.45. The molecular formula is C13H18N2O2. The third kappa shape index (κ3) is 3.90. The van der Waals surface area contributed by atoms with Crippen LogP contribution in [0.5, 0.6) is 0 Å². The molecule has 1 aromatic rings. The molecule has 0 spiro atoms. The van der Waals surface area contributed by atoms with E-state index in [9.17, 15) is 4.79 Å². The summed E-state index contributed by atoms with van der Waals surface area (Å²) in [6.07, 6.45) is 0. The van der Waals surface area contributed by atoms with Crippen LogP contribution >= 0.6 is 0 Å². The zero-order valence-electron chi connectivity index (χ0n) is 10.6. The van der Waals surface area contributed by atoms with Crippen molar-refractivity contribution in [3.63, 3.8) is 0 Å². The Labute approximate surface area is 101 Å². The van der Waals surface area contributed by atoms with Crippen molar-refractivity contribution < 1.29 is 9.90 Å². The second-order valence-electron chi connectivity index (χ2n) is 4.94. The number of benzene rings is 1. The highest BCUT2D eigenvalue weighted by Crippen LogP contribution is 2.16. The fourth-order valence-corrected chi connectivity index (χ4v) is 1.00. The second kappa shape index (κ2) is 4.99. The van der Waals surface area contributed by atoms with Crippen LogP contribution in [0.2, 0.25) is 0 Å². The molecule has 0 unspecified atom stereocenters. The summed E-state index contributed by atoms with van der Waals surface area (Å²) in [6, 6.07) is 6.49. The number of nitrogens with zero attached hydrogens (tertiary/aromatic N) is 1. The van der Waals surface area contributed by atoms with Crippen LogP contribution in [0.3, 0.4) is 0 Å². The molecule has 1 aromatic carbocycles. The van der Waals surface area contributed by atoms with E-state index in [0.29, 0.717) is 0 Å². The van der Waals surface area contributed by atoms with E-state index in [-0.39, 0.29) is 11.0 Å². The van der Waals surface area contributed by atoms with Gasteiger partial charge < -0.3 is 5.11 Å². The Morgan fingerprint density at radius 1 is 1.24 bits per heavy atom. The molecule has 0 amide bonds. The monoisotopic (exact) mass is 234 g/mol. The van der Waals surface area contributed by atoms with Gasteiger partial charge in [-0.25, -0.2) is 4.79 Å². The number of carboxylic acids is 1. The number of anilines is 1. The molecule has 0 aromatic heterocycles. The normalized spacial score (nSPS) is 12.4. The largest absolute Gasteiger partial charge is 0.478 e. The van der Waals surface area contributed by atoms with Crippen LogP contribution < -0.4 is 5.43 Å². The molecule has 4 heteroatoms. The van der Waals surface area contributed by atoms with Gasteiger partial charge in [0.15, 0.2) is 0 Å². The summed E-state index contributed by atoms with van der Waals surface area (Å²) in [4.78, 5) is 10.7. The maximum atomic E-state index is 10.7. The predicted octanol–water partition coefficient (Wildman–Crippen LogP) is 3.22. The number of aromatic carboxylic acids is 1. The molecule has 4 nitrogen and oxygen atoms in total. The maximum absolute atomic E-state index is 10.7. The molecule has 0 heterocycles. The van der Waals surface area contributed by atoms with E-state index in [1.54, 1.807) is 24.3 Å². The Hall–Kier alpha value is -1.84.